The Morgan fingerprint density at radius 3 is 2.24 bits per heavy atom. The van der Waals surface area contributed by atoms with Crippen LogP contribution in [0.1, 0.15) is 32.0 Å². The largest absolute Gasteiger partial charge is 0.257 e. The number of hydrogen-bond acceptors (Lipinski definition) is 7. The highest BCUT2D eigenvalue weighted by molar-refractivity contribution is 7.93. The van der Waals surface area contributed by atoms with Crippen molar-refractivity contribution in [2.45, 2.75) is 42.3 Å². The highest BCUT2D eigenvalue weighted by Gasteiger charge is 2.24. The van der Waals surface area contributed by atoms with Gasteiger partial charge in [0.15, 0.2) is 5.82 Å². The van der Waals surface area contributed by atoms with E-state index in [4.69, 9.17) is 0 Å². The maximum Gasteiger partial charge on any atom is 0.235 e. The van der Waals surface area contributed by atoms with Gasteiger partial charge in [-0.25, -0.2) is 18.4 Å². The lowest BCUT2D eigenvalue weighted by Gasteiger charge is -2.16. The van der Waals surface area contributed by atoms with Crippen LogP contribution in [0.25, 0.3) is 11.5 Å². The summed E-state index contributed by atoms with van der Waals surface area (Å²) >= 11 is 0.843. The number of sulfone groups is 1. The van der Waals surface area contributed by atoms with E-state index in [2.05, 4.69) is 19.3 Å². The number of rotatable bonds is 3. The van der Waals surface area contributed by atoms with E-state index in [-0.39, 0.29) is 20.5 Å². The summed E-state index contributed by atoms with van der Waals surface area (Å²) in [4.78, 5) is 13.1. The van der Waals surface area contributed by atoms with E-state index in [1.54, 1.807) is 36.7 Å². The molecule has 0 radical (unpaired) electrons. The predicted molar refractivity (Wildman–Crippen MR) is 96.3 cm³/mol. The Morgan fingerprint density at radius 2 is 1.68 bits per heavy atom. The second-order valence-electron chi connectivity index (χ2n) is 6.74. The Kier molecular flexibility index (Phi) is 4.42. The summed E-state index contributed by atoms with van der Waals surface area (Å²) in [7, 11) is -3.68. The van der Waals surface area contributed by atoms with E-state index in [0.29, 0.717) is 5.69 Å². The maximum atomic E-state index is 12.6. The molecule has 0 unspecified atom stereocenters. The molecule has 0 aliphatic heterocycles. The average Bonchev–Trinajstić information content (AvgIpc) is 3.05. The smallest absolute Gasteiger partial charge is 0.235 e. The minimum absolute atomic E-state index is 0.0481. The van der Waals surface area contributed by atoms with Crippen LogP contribution in [0.3, 0.4) is 0 Å². The van der Waals surface area contributed by atoms with Crippen molar-refractivity contribution in [3.05, 3.63) is 47.9 Å². The average molecular weight is 374 g/mol. The second-order valence-corrected chi connectivity index (χ2v) is 9.61. The van der Waals surface area contributed by atoms with Gasteiger partial charge in [0.05, 0.1) is 16.8 Å². The summed E-state index contributed by atoms with van der Waals surface area (Å²) in [5.74, 6) is 0.267. The predicted octanol–water partition coefficient (Wildman–Crippen LogP) is 3.43. The lowest BCUT2D eigenvalue weighted by atomic mass is 9.93. The molecule has 8 heteroatoms. The fourth-order valence-corrected chi connectivity index (χ4v) is 4.19. The standard InChI is InChI=1S/C17H18N4O2S2/c1-11-5-7-12(8-6-11)25(22,23)16-20-15(21-24-16)13-9-19-14(10-18-13)17(2,3)4/h5-10H,1-4H3. The van der Waals surface area contributed by atoms with Gasteiger partial charge in [-0.15, -0.1) is 0 Å². The molecule has 0 bridgehead atoms. The van der Waals surface area contributed by atoms with Crippen LogP contribution in [0, 0.1) is 6.92 Å². The molecule has 0 atom stereocenters. The Bertz CT molecular complexity index is 986. The van der Waals surface area contributed by atoms with Gasteiger partial charge >= 0.3 is 0 Å². The van der Waals surface area contributed by atoms with E-state index in [1.165, 1.54) is 0 Å². The molecule has 130 valence electrons. The number of aromatic nitrogens is 4. The molecule has 0 saturated carbocycles. The molecule has 0 fully saturated rings. The Balaban J connectivity index is 1.93. The van der Waals surface area contributed by atoms with Crippen LogP contribution >= 0.6 is 11.5 Å². The summed E-state index contributed by atoms with van der Waals surface area (Å²) in [6.07, 6.45) is 3.25. The van der Waals surface area contributed by atoms with Crippen molar-refractivity contribution in [3.63, 3.8) is 0 Å². The molecule has 2 heterocycles. The first-order valence-corrected chi connectivity index (χ1v) is 9.92. The van der Waals surface area contributed by atoms with E-state index in [9.17, 15) is 8.42 Å². The lowest BCUT2D eigenvalue weighted by Crippen LogP contribution is -2.13. The zero-order chi connectivity index (χ0) is 18.2. The van der Waals surface area contributed by atoms with Crippen LogP contribution in [-0.2, 0) is 15.3 Å². The molecular formula is C17H18N4O2S2. The highest BCUT2D eigenvalue weighted by Crippen LogP contribution is 2.26. The minimum Gasteiger partial charge on any atom is -0.257 e. The van der Waals surface area contributed by atoms with E-state index in [0.717, 1.165) is 22.8 Å². The van der Waals surface area contributed by atoms with E-state index < -0.39 is 9.84 Å². The Morgan fingerprint density at radius 1 is 1.00 bits per heavy atom. The number of nitrogens with zero attached hydrogens (tertiary/aromatic N) is 4. The van der Waals surface area contributed by atoms with Crippen LogP contribution in [0.2, 0.25) is 0 Å². The van der Waals surface area contributed by atoms with Crippen molar-refractivity contribution in [1.82, 2.24) is 19.3 Å². The number of aryl methyl sites for hydroxylation is 1. The first kappa shape index (κ1) is 17.6. The van der Waals surface area contributed by atoms with Gasteiger partial charge in [-0.3, -0.25) is 4.98 Å². The van der Waals surface area contributed by atoms with Gasteiger partial charge in [-0.05, 0) is 30.6 Å². The molecular weight excluding hydrogens is 356 g/mol. The zero-order valence-electron chi connectivity index (χ0n) is 14.4. The van der Waals surface area contributed by atoms with Gasteiger partial charge in [-0.2, -0.15) is 4.37 Å². The summed E-state index contributed by atoms with van der Waals surface area (Å²) < 4.78 is 29.4. The van der Waals surface area contributed by atoms with Crippen molar-refractivity contribution in [1.29, 1.82) is 0 Å². The van der Waals surface area contributed by atoms with Gasteiger partial charge in [-0.1, -0.05) is 38.5 Å². The first-order valence-electron chi connectivity index (χ1n) is 7.66. The summed E-state index contributed by atoms with van der Waals surface area (Å²) in [5, 5.41) is 0. The monoisotopic (exact) mass is 374 g/mol. The fourth-order valence-electron chi connectivity index (χ4n) is 2.07. The van der Waals surface area contributed by atoms with Crippen LogP contribution in [0.5, 0.6) is 0 Å². The summed E-state index contributed by atoms with van der Waals surface area (Å²) in [5.41, 5.74) is 2.18. The van der Waals surface area contributed by atoms with Crippen molar-refractivity contribution in [3.8, 4) is 11.5 Å². The van der Waals surface area contributed by atoms with Gasteiger partial charge in [0.25, 0.3) is 0 Å². The molecule has 1 aromatic carbocycles. The molecule has 2 aromatic heterocycles. The van der Waals surface area contributed by atoms with Crippen LogP contribution in [0.15, 0.2) is 45.9 Å². The second kappa shape index (κ2) is 6.27. The van der Waals surface area contributed by atoms with Crippen LogP contribution in [-0.4, -0.2) is 27.7 Å². The van der Waals surface area contributed by atoms with Gasteiger partial charge in [0, 0.05) is 11.6 Å². The van der Waals surface area contributed by atoms with E-state index in [1.807, 2.05) is 27.7 Å². The van der Waals surface area contributed by atoms with Crippen molar-refractivity contribution < 1.29 is 8.42 Å². The third-order valence-electron chi connectivity index (χ3n) is 3.62. The molecule has 0 spiro atoms. The fraction of sp³-hybridized carbons (Fsp3) is 0.294. The Hall–Kier alpha value is -2.19. The first-order chi connectivity index (χ1) is 11.7. The van der Waals surface area contributed by atoms with Crippen LogP contribution < -0.4 is 0 Å². The topological polar surface area (TPSA) is 85.7 Å². The van der Waals surface area contributed by atoms with Gasteiger partial charge < -0.3 is 0 Å². The molecule has 0 aliphatic carbocycles. The van der Waals surface area contributed by atoms with Crippen molar-refractivity contribution in [2.24, 2.45) is 0 Å². The molecule has 3 aromatic rings. The normalized spacial score (nSPS) is 12.3. The molecule has 6 nitrogen and oxygen atoms in total. The summed E-state index contributed by atoms with van der Waals surface area (Å²) in [6, 6.07) is 6.66. The molecule has 0 saturated heterocycles. The zero-order valence-corrected chi connectivity index (χ0v) is 16.0. The maximum absolute atomic E-state index is 12.6. The molecule has 25 heavy (non-hydrogen) atoms. The third-order valence-corrected chi connectivity index (χ3v) is 6.46. The van der Waals surface area contributed by atoms with E-state index >= 15 is 0 Å². The van der Waals surface area contributed by atoms with Gasteiger partial charge in [0.1, 0.15) is 5.69 Å². The molecule has 0 aliphatic rings. The highest BCUT2D eigenvalue weighted by atomic mass is 32.2. The number of benzene rings is 1. The Labute approximate surface area is 151 Å². The number of hydrogen-bond donors (Lipinski definition) is 0. The SMILES string of the molecule is Cc1ccc(S(=O)(=O)c2nc(-c3cnc(C(C)(C)C)cn3)ns2)cc1. The summed E-state index contributed by atoms with van der Waals surface area (Å²) in [6.45, 7) is 8.04. The van der Waals surface area contributed by atoms with Crippen molar-refractivity contribution >= 4 is 21.4 Å². The quantitative estimate of drug-likeness (QED) is 0.698. The third kappa shape index (κ3) is 3.59. The van der Waals surface area contributed by atoms with Crippen LogP contribution in [0.4, 0.5) is 0 Å². The van der Waals surface area contributed by atoms with Gasteiger partial charge in [0.2, 0.25) is 14.2 Å². The lowest BCUT2D eigenvalue weighted by molar-refractivity contribution is 0.565. The molecule has 3 rings (SSSR count). The minimum atomic E-state index is -3.68. The molecule has 0 N–H and O–H groups in total. The van der Waals surface area contributed by atoms with Crippen molar-refractivity contribution in [2.75, 3.05) is 0 Å². The molecule has 0 amide bonds.